The highest BCUT2D eigenvalue weighted by Gasteiger charge is 2.26. The predicted molar refractivity (Wildman–Crippen MR) is 102 cm³/mol. The van der Waals surface area contributed by atoms with E-state index in [1.807, 2.05) is 12.1 Å². The first kappa shape index (κ1) is 15.6. The van der Waals surface area contributed by atoms with Gasteiger partial charge in [0, 0.05) is 4.47 Å². The van der Waals surface area contributed by atoms with Crippen molar-refractivity contribution in [2.45, 2.75) is 24.9 Å². The standard InChI is InChI=1S/C22H19BrO/c23-20-11-9-16(10-12-20)15-5-7-17(8-6-15)19-13-18-3-1-2-4-21(18)22(24)14-19/h1-12,19,22,24H,13-14H2/t19-,22+/m0/s1. The van der Waals surface area contributed by atoms with Crippen molar-refractivity contribution in [3.63, 3.8) is 0 Å². The third kappa shape index (κ3) is 3.04. The number of hydrogen-bond acceptors (Lipinski definition) is 1. The van der Waals surface area contributed by atoms with Gasteiger partial charge in [-0.1, -0.05) is 76.6 Å². The summed E-state index contributed by atoms with van der Waals surface area (Å²) in [5.41, 5.74) is 6.13. The predicted octanol–water partition coefficient (Wildman–Crippen LogP) is 5.88. The van der Waals surface area contributed by atoms with Gasteiger partial charge in [0.1, 0.15) is 0 Å². The van der Waals surface area contributed by atoms with Gasteiger partial charge >= 0.3 is 0 Å². The van der Waals surface area contributed by atoms with Gasteiger partial charge in [0.15, 0.2) is 0 Å². The fourth-order valence-electron chi connectivity index (χ4n) is 3.63. The van der Waals surface area contributed by atoms with E-state index >= 15 is 0 Å². The van der Waals surface area contributed by atoms with E-state index in [1.165, 1.54) is 22.3 Å². The maximum atomic E-state index is 10.4. The van der Waals surface area contributed by atoms with Gasteiger partial charge in [0.2, 0.25) is 0 Å². The molecular formula is C22H19BrO. The minimum atomic E-state index is -0.355. The number of rotatable bonds is 2. The van der Waals surface area contributed by atoms with Gasteiger partial charge in [-0.25, -0.2) is 0 Å². The van der Waals surface area contributed by atoms with Crippen molar-refractivity contribution in [3.05, 3.63) is 94.0 Å². The second-order valence-corrected chi connectivity index (χ2v) is 7.40. The summed E-state index contributed by atoms with van der Waals surface area (Å²) >= 11 is 3.48. The van der Waals surface area contributed by atoms with Crippen LogP contribution in [0.5, 0.6) is 0 Å². The molecule has 4 rings (SSSR count). The third-order valence-corrected chi connectivity index (χ3v) is 5.48. The van der Waals surface area contributed by atoms with Gasteiger partial charge < -0.3 is 5.11 Å². The summed E-state index contributed by atoms with van der Waals surface area (Å²) in [6.45, 7) is 0. The topological polar surface area (TPSA) is 20.2 Å². The first-order valence-electron chi connectivity index (χ1n) is 8.32. The molecule has 1 nitrogen and oxygen atoms in total. The fourth-order valence-corrected chi connectivity index (χ4v) is 3.90. The molecule has 0 fully saturated rings. The van der Waals surface area contributed by atoms with Crippen molar-refractivity contribution < 1.29 is 5.11 Å². The fraction of sp³-hybridized carbons (Fsp3) is 0.182. The van der Waals surface area contributed by atoms with E-state index in [0.717, 1.165) is 22.9 Å². The largest absolute Gasteiger partial charge is 0.388 e. The van der Waals surface area contributed by atoms with Crippen molar-refractivity contribution >= 4 is 15.9 Å². The molecule has 0 radical (unpaired) electrons. The Morgan fingerprint density at radius 1 is 0.792 bits per heavy atom. The maximum absolute atomic E-state index is 10.4. The molecular weight excluding hydrogens is 360 g/mol. The Bertz CT molecular complexity index is 837. The summed E-state index contributed by atoms with van der Waals surface area (Å²) in [7, 11) is 0. The molecule has 1 N–H and O–H groups in total. The highest BCUT2D eigenvalue weighted by atomic mass is 79.9. The van der Waals surface area contributed by atoms with E-state index in [-0.39, 0.29) is 6.10 Å². The van der Waals surface area contributed by atoms with Crippen molar-refractivity contribution in [2.75, 3.05) is 0 Å². The van der Waals surface area contributed by atoms with Gasteiger partial charge in [-0.05, 0) is 58.7 Å². The van der Waals surface area contributed by atoms with E-state index in [9.17, 15) is 5.11 Å². The summed E-state index contributed by atoms with van der Waals surface area (Å²) in [6, 6.07) is 25.4. The number of benzene rings is 3. The Kier molecular flexibility index (Phi) is 4.26. The Balaban J connectivity index is 1.59. The van der Waals surface area contributed by atoms with Gasteiger partial charge in [-0.2, -0.15) is 0 Å². The van der Waals surface area contributed by atoms with Crippen LogP contribution in [0.3, 0.4) is 0 Å². The van der Waals surface area contributed by atoms with E-state index in [4.69, 9.17) is 0 Å². The minimum Gasteiger partial charge on any atom is -0.388 e. The van der Waals surface area contributed by atoms with Crippen molar-refractivity contribution in [1.29, 1.82) is 0 Å². The monoisotopic (exact) mass is 378 g/mol. The molecule has 0 bridgehead atoms. The summed E-state index contributed by atoms with van der Waals surface area (Å²) in [4.78, 5) is 0. The van der Waals surface area contributed by atoms with Gasteiger partial charge in [-0.15, -0.1) is 0 Å². The lowest BCUT2D eigenvalue weighted by Gasteiger charge is -2.29. The smallest absolute Gasteiger partial charge is 0.0798 e. The lowest BCUT2D eigenvalue weighted by atomic mass is 9.78. The Hall–Kier alpha value is -1.90. The van der Waals surface area contributed by atoms with Crippen molar-refractivity contribution in [2.24, 2.45) is 0 Å². The molecule has 1 aliphatic rings. The van der Waals surface area contributed by atoms with Crippen molar-refractivity contribution in [1.82, 2.24) is 0 Å². The number of hydrogen-bond donors (Lipinski definition) is 1. The second kappa shape index (κ2) is 6.54. The normalized spacial score (nSPS) is 19.8. The summed E-state index contributed by atoms with van der Waals surface area (Å²) in [5.74, 6) is 0.383. The van der Waals surface area contributed by atoms with Gasteiger partial charge in [0.05, 0.1) is 6.10 Å². The first-order valence-corrected chi connectivity index (χ1v) is 9.12. The zero-order valence-corrected chi connectivity index (χ0v) is 14.9. The third-order valence-electron chi connectivity index (χ3n) is 4.95. The van der Waals surface area contributed by atoms with Crippen LogP contribution in [-0.4, -0.2) is 5.11 Å². The van der Waals surface area contributed by atoms with Crippen LogP contribution in [-0.2, 0) is 6.42 Å². The van der Waals surface area contributed by atoms with E-state index in [0.29, 0.717) is 5.92 Å². The lowest BCUT2D eigenvalue weighted by Crippen LogP contribution is -2.17. The number of halogens is 1. The van der Waals surface area contributed by atoms with Crippen LogP contribution in [0, 0.1) is 0 Å². The minimum absolute atomic E-state index is 0.355. The van der Waals surface area contributed by atoms with Crippen LogP contribution < -0.4 is 0 Å². The molecule has 3 aromatic rings. The molecule has 0 amide bonds. The average Bonchev–Trinajstić information content (AvgIpc) is 2.62. The molecule has 120 valence electrons. The molecule has 0 heterocycles. The molecule has 0 aliphatic heterocycles. The Labute approximate surface area is 151 Å². The van der Waals surface area contributed by atoms with Crippen molar-refractivity contribution in [3.8, 4) is 11.1 Å². The molecule has 1 aliphatic carbocycles. The van der Waals surface area contributed by atoms with Crippen LogP contribution in [0.2, 0.25) is 0 Å². The molecule has 0 saturated heterocycles. The molecule has 0 aromatic heterocycles. The molecule has 2 atom stereocenters. The molecule has 0 saturated carbocycles. The molecule has 3 aromatic carbocycles. The van der Waals surface area contributed by atoms with Crippen LogP contribution in [0.4, 0.5) is 0 Å². The second-order valence-electron chi connectivity index (χ2n) is 6.48. The number of aliphatic hydroxyl groups excluding tert-OH is 1. The van der Waals surface area contributed by atoms with Crippen LogP contribution in [0.25, 0.3) is 11.1 Å². The van der Waals surface area contributed by atoms with Crippen LogP contribution in [0.15, 0.2) is 77.3 Å². The molecule has 0 unspecified atom stereocenters. The quantitative estimate of drug-likeness (QED) is 0.590. The summed E-state index contributed by atoms with van der Waals surface area (Å²) in [6.07, 6.45) is 1.45. The number of fused-ring (bicyclic) bond motifs is 1. The SMILES string of the molecule is O[C@@H]1C[C@@H](c2ccc(-c3ccc(Br)cc3)cc2)Cc2ccccc21. The zero-order chi connectivity index (χ0) is 16.5. The lowest BCUT2D eigenvalue weighted by molar-refractivity contribution is 0.147. The van der Waals surface area contributed by atoms with E-state index in [1.54, 1.807) is 0 Å². The molecule has 2 heteroatoms. The maximum Gasteiger partial charge on any atom is 0.0798 e. The first-order chi connectivity index (χ1) is 11.7. The van der Waals surface area contributed by atoms with Crippen LogP contribution >= 0.6 is 15.9 Å². The Morgan fingerprint density at radius 3 is 2.12 bits per heavy atom. The highest BCUT2D eigenvalue weighted by molar-refractivity contribution is 9.10. The zero-order valence-electron chi connectivity index (χ0n) is 13.3. The van der Waals surface area contributed by atoms with E-state index < -0.39 is 0 Å². The molecule has 0 spiro atoms. The van der Waals surface area contributed by atoms with E-state index in [2.05, 4.69) is 76.6 Å². The van der Waals surface area contributed by atoms with Gasteiger partial charge in [0.25, 0.3) is 0 Å². The summed E-state index contributed by atoms with van der Waals surface area (Å²) < 4.78 is 1.10. The highest BCUT2D eigenvalue weighted by Crippen LogP contribution is 2.38. The summed E-state index contributed by atoms with van der Waals surface area (Å²) in [5, 5.41) is 10.4. The average molecular weight is 379 g/mol. The van der Waals surface area contributed by atoms with Gasteiger partial charge in [-0.3, -0.25) is 0 Å². The van der Waals surface area contributed by atoms with Crippen LogP contribution in [0.1, 0.15) is 35.1 Å². The number of aliphatic hydroxyl groups is 1. The Morgan fingerprint density at radius 2 is 1.42 bits per heavy atom. The molecule has 24 heavy (non-hydrogen) atoms.